The number of para-hydroxylation sites is 1. The molecule has 1 atom stereocenters. The van der Waals surface area contributed by atoms with Crippen molar-refractivity contribution >= 4 is 80.6 Å². The number of nitrogens with zero attached hydrogens (tertiary/aromatic N) is 2. The maximum atomic E-state index is 13.9. The molecule has 2 heterocycles. The van der Waals surface area contributed by atoms with Gasteiger partial charge in [0, 0.05) is 50.9 Å². The molecule has 0 radical (unpaired) electrons. The monoisotopic (exact) mass is 736 g/mol. The maximum absolute atomic E-state index is 13.9. The lowest BCUT2D eigenvalue weighted by Crippen LogP contribution is -2.31. The van der Waals surface area contributed by atoms with E-state index in [-0.39, 0.29) is 30.5 Å². The van der Waals surface area contributed by atoms with Gasteiger partial charge in [0.25, 0.3) is 11.8 Å². The van der Waals surface area contributed by atoms with Crippen LogP contribution in [0.5, 0.6) is 0 Å². The smallest absolute Gasteiger partial charge is 0.338 e. The molecule has 0 saturated carbocycles. The molecule has 1 aliphatic heterocycles. The molecule has 6 aromatic rings. The molecule has 0 spiro atoms. The van der Waals surface area contributed by atoms with Crippen molar-refractivity contribution in [2.45, 2.75) is 37.0 Å². The number of carbonyl (C=O) groups excluding carboxylic acids is 5. The summed E-state index contributed by atoms with van der Waals surface area (Å²) in [4.78, 5) is 67.5. The highest BCUT2D eigenvalue weighted by Crippen LogP contribution is 2.35. The van der Waals surface area contributed by atoms with E-state index in [4.69, 9.17) is 4.74 Å². The third-order valence-corrected chi connectivity index (χ3v) is 10.2. The first-order valence-electron chi connectivity index (χ1n) is 17.5. The van der Waals surface area contributed by atoms with Crippen LogP contribution in [0.4, 0.5) is 11.4 Å². The summed E-state index contributed by atoms with van der Waals surface area (Å²) in [6.45, 7) is 4.79. The number of nitrogens with one attached hydrogen (secondary N) is 2. The quantitative estimate of drug-likeness (QED) is 0.0789. The fourth-order valence-electron chi connectivity index (χ4n) is 6.54. The van der Waals surface area contributed by atoms with Crippen LogP contribution < -0.4 is 15.5 Å². The minimum atomic E-state index is -0.692. The minimum Gasteiger partial charge on any atom is -0.462 e. The molecule has 0 aliphatic carbocycles. The minimum absolute atomic E-state index is 0.0144. The summed E-state index contributed by atoms with van der Waals surface area (Å²) in [5.74, 6) is -2.19. The van der Waals surface area contributed by atoms with E-state index >= 15 is 0 Å². The summed E-state index contributed by atoms with van der Waals surface area (Å²) in [6, 6.07) is 35.9. The second-order valence-corrected chi connectivity index (χ2v) is 13.8. The first-order chi connectivity index (χ1) is 26.2. The Morgan fingerprint density at radius 1 is 0.796 bits per heavy atom. The van der Waals surface area contributed by atoms with E-state index in [2.05, 4.69) is 34.3 Å². The zero-order valence-electron chi connectivity index (χ0n) is 29.6. The van der Waals surface area contributed by atoms with E-state index in [1.807, 2.05) is 36.4 Å². The number of hydrogen-bond acceptors (Lipinski definition) is 7. The van der Waals surface area contributed by atoms with Crippen molar-refractivity contribution in [1.82, 2.24) is 9.88 Å². The first kappa shape index (κ1) is 35.9. The van der Waals surface area contributed by atoms with Crippen LogP contribution in [0.1, 0.15) is 46.5 Å². The SMILES string of the molecule is CCOC(=O)c1ccc(N2C(=O)CC(Sc3cccc(NC(=O)C(=Cc4ccc5c6ccccc6n(CC)c5c4)NC(=O)c4ccccc4)c3)C2=O)cc1. The zero-order chi connectivity index (χ0) is 37.8. The Hall–Kier alpha value is -6.46. The van der Waals surface area contributed by atoms with Crippen LogP contribution in [-0.4, -0.2) is 46.0 Å². The number of amides is 4. The van der Waals surface area contributed by atoms with E-state index in [1.165, 1.54) is 23.9 Å². The van der Waals surface area contributed by atoms with Gasteiger partial charge in [-0.15, -0.1) is 11.8 Å². The van der Waals surface area contributed by atoms with Crippen molar-refractivity contribution in [1.29, 1.82) is 0 Å². The molecule has 1 aromatic heterocycles. The van der Waals surface area contributed by atoms with Gasteiger partial charge >= 0.3 is 5.97 Å². The highest BCUT2D eigenvalue weighted by Gasteiger charge is 2.40. The lowest BCUT2D eigenvalue weighted by molar-refractivity contribution is -0.121. The van der Waals surface area contributed by atoms with Crippen LogP contribution in [0.3, 0.4) is 0 Å². The Morgan fingerprint density at radius 3 is 2.30 bits per heavy atom. The maximum Gasteiger partial charge on any atom is 0.338 e. The van der Waals surface area contributed by atoms with Gasteiger partial charge in [0.2, 0.25) is 11.8 Å². The molecule has 5 aromatic carbocycles. The molecule has 270 valence electrons. The number of carbonyl (C=O) groups is 5. The topological polar surface area (TPSA) is 127 Å². The van der Waals surface area contributed by atoms with Gasteiger partial charge in [0.15, 0.2) is 0 Å². The standard InChI is InChI=1S/C43H36N4O6S/c1-3-46-36-16-9-8-15-33(36)34-22-17-27(24-37(34)46)23-35(45-40(49)28-11-6-5-7-12-28)41(50)44-30-13-10-14-32(25-30)54-38-26-39(48)47(42(38)51)31-20-18-29(19-21-31)43(52)53-4-2/h5-25,38H,3-4,26H2,1-2H3,(H,44,50)(H,45,49). The van der Waals surface area contributed by atoms with Crippen molar-refractivity contribution < 1.29 is 28.7 Å². The number of fused-ring (bicyclic) bond motifs is 3. The number of esters is 1. The zero-order valence-corrected chi connectivity index (χ0v) is 30.4. The number of imide groups is 1. The van der Waals surface area contributed by atoms with E-state index in [0.29, 0.717) is 27.4 Å². The molecule has 11 heteroatoms. The van der Waals surface area contributed by atoms with Crippen LogP contribution in [0.2, 0.25) is 0 Å². The van der Waals surface area contributed by atoms with Gasteiger partial charge in [-0.2, -0.15) is 0 Å². The van der Waals surface area contributed by atoms with Gasteiger partial charge in [0.1, 0.15) is 5.70 Å². The Bertz CT molecular complexity index is 2460. The number of anilines is 2. The number of rotatable bonds is 11. The Balaban J connectivity index is 1.12. The second kappa shape index (κ2) is 15.6. The Kier molecular flexibility index (Phi) is 10.4. The molecule has 1 fully saturated rings. The number of aryl methyl sites for hydroxylation is 1. The van der Waals surface area contributed by atoms with Crippen molar-refractivity contribution in [2.24, 2.45) is 0 Å². The first-order valence-corrected chi connectivity index (χ1v) is 18.4. The van der Waals surface area contributed by atoms with Crippen LogP contribution in [-0.2, 0) is 25.7 Å². The van der Waals surface area contributed by atoms with E-state index in [9.17, 15) is 24.0 Å². The second-order valence-electron chi connectivity index (χ2n) is 12.5. The van der Waals surface area contributed by atoms with Gasteiger partial charge in [-0.1, -0.05) is 54.6 Å². The average Bonchev–Trinajstić information content (AvgIpc) is 3.66. The van der Waals surface area contributed by atoms with Gasteiger partial charge in [-0.25, -0.2) is 9.69 Å². The van der Waals surface area contributed by atoms with Crippen LogP contribution >= 0.6 is 11.8 Å². The molecular formula is C43H36N4O6S. The molecular weight excluding hydrogens is 701 g/mol. The van der Waals surface area contributed by atoms with E-state index in [1.54, 1.807) is 73.7 Å². The molecule has 1 unspecified atom stereocenters. The molecule has 54 heavy (non-hydrogen) atoms. The van der Waals surface area contributed by atoms with Gasteiger partial charge in [-0.3, -0.25) is 19.2 Å². The van der Waals surface area contributed by atoms with Crippen molar-refractivity contribution in [3.63, 3.8) is 0 Å². The molecule has 7 rings (SSSR count). The average molecular weight is 737 g/mol. The third kappa shape index (κ3) is 7.39. The summed E-state index contributed by atoms with van der Waals surface area (Å²) in [6.07, 6.45) is 1.64. The lowest BCUT2D eigenvalue weighted by Gasteiger charge is -2.16. The number of thioether (sulfide) groups is 1. The lowest BCUT2D eigenvalue weighted by atomic mass is 10.1. The molecule has 2 N–H and O–H groups in total. The molecule has 1 saturated heterocycles. The molecule has 10 nitrogen and oxygen atoms in total. The van der Waals surface area contributed by atoms with Gasteiger partial charge in [0.05, 0.1) is 23.1 Å². The summed E-state index contributed by atoms with van der Waals surface area (Å²) in [5, 5.41) is 7.25. The highest BCUT2D eigenvalue weighted by atomic mass is 32.2. The molecule has 1 aliphatic rings. The summed E-state index contributed by atoms with van der Waals surface area (Å²) < 4.78 is 7.24. The largest absolute Gasteiger partial charge is 0.462 e. The Labute approximate surface area is 315 Å². The molecule has 0 bridgehead atoms. The Morgan fingerprint density at radius 2 is 1.54 bits per heavy atom. The predicted octanol–water partition coefficient (Wildman–Crippen LogP) is 7.82. The normalized spacial score (nSPS) is 14.4. The van der Waals surface area contributed by atoms with E-state index in [0.717, 1.165) is 38.8 Å². The summed E-state index contributed by atoms with van der Waals surface area (Å²) in [7, 11) is 0. The van der Waals surface area contributed by atoms with Gasteiger partial charge < -0.3 is 19.9 Å². The third-order valence-electron chi connectivity index (χ3n) is 9.07. The van der Waals surface area contributed by atoms with Crippen molar-refractivity contribution in [2.75, 3.05) is 16.8 Å². The predicted molar refractivity (Wildman–Crippen MR) is 211 cm³/mol. The number of ether oxygens (including phenoxy) is 1. The molecule has 4 amide bonds. The number of aromatic nitrogens is 1. The van der Waals surface area contributed by atoms with Crippen LogP contribution in [0.15, 0.2) is 132 Å². The van der Waals surface area contributed by atoms with Crippen LogP contribution in [0, 0.1) is 0 Å². The highest BCUT2D eigenvalue weighted by molar-refractivity contribution is 8.00. The summed E-state index contributed by atoms with van der Waals surface area (Å²) >= 11 is 1.22. The number of hydrogen-bond donors (Lipinski definition) is 2. The summed E-state index contributed by atoms with van der Waals surface area (Å²) in [5.41, 5.74) is 4.43. The van der Waals surface area contributed by atoms with Crippen molar-refractivity contribution in [3.8, 4) is 0 Å². The number of benzene rings is 5. The van der Waals surface area contributed by atoms with E-state index < -0.39 is 23.0 Å². The van der Waals surface area contributed by atoms with Gasteiger partial charge in [-0.05, 0) is 92.2 Å². The fourth-order valence-corrected chi connectivity index (χ4v) is 7.66. The fraction of sp³-hybridized carbons (Fsp3) is 0.140. The van der Waals surface area contributed by atoms with Crippen molar-refractivity contribution in [3.05, 3.63) is 144 Å². The van der Waals surface area contributed by atoms with Crippen LogP contribution in [0.25, 0.3) is 27.9 Å².